The molecule has 0 spiro atoms. The molecule has 5 nitrogen and oxygen atoms in total. The quantitative estimate of drug-likeness (QED) is 0.664. The Morgan fingerprint density at radius 2 is 1.78 bits per heavy atom. The van der Waals surface area contributed by atoms with Gasteiger partial charge in [-0.15, -0.1) is 0 Å². The van der Waals surface area contributed by atoms with Gasteiger partial charge in [-0.25, -0.2) is 0 Å². The summed E-state index contributed by atoms with van der Waals surface area (Å²) in [6.45, 7) is 0. The number of carbonyl (C=O) groups is 1. The first-order chi connectivity index (χ1) is 11.1. The molecule has 0 fully saturated rings. The van der Waals surface area contributed by atoms with E-state index in [1.165, 1.54) is 6.20 Å². The lowest BCUT2D eigenvalue weighted by molar-refractivity contribution is -0.112. The van der Waals surface area contributed by atoms with Crippen molar-refractivity contribution in [2.75, 3.05) is 10.6 Å². The van der Waals surface area contributed by atoms with Crippen LogP contribution >= 0.6 is 11.6 Å². The van der Waals surface area contributed by atoms with Crippen molar-refractivity contribution in [3.63, 3.8) is 0 Å². The number of carbonyl (C=O) groups excluding carboxylic acids is 1. The highest BCUT2D eigenvalue weighted by molar-refractivity contribution is 6.30. The maximum atomic E-state index is 12.1. The molecule has 2 aromatic rings. The van der Waals surface area contributed by atoms with Crippen molar-refractivity contribution in [3.8, 4) is 12.1 Å². The lowest BCUT2D eigenvalue weighted by Crippen LogP contribution is -2.14. The maximum Gasteiger partial charge on any atom is 0.267 e. The monoisotopic (exact) mass is 322 g/mol. The number of nitrogens with one attached hydrogen (secondary N) is 2. The van der Waals surface area contributed by atoms with E-state index in [0.29, 0.717) is 22.0 Å². The van der Waals surface area contributed by atoms with Crippen molar-refractivity contribution in [2.45, 2.75) is 0 Å². The van der Waals surface area contributed by atoms with Gasteiger partial charge < -0.3 is 10.6 Å². The molecule has 2 rings (SSSR count). The highest BCUT2D eigenvalue weighted by Crippen LogP contribution is 2.16. The largest absolute Gasteiger partial charge is 0.359 e. The molecular formula is C17H11ClN4O. The highest BCUT2D eigenvalue weighted by Gasteiger charge is 2.09. The fourth-order valence-corrected chi connectivity index (χ4v) is 1.86. The molecule has 0 atom stereocenters. The van der Waals surface area contributed by atoms with E-state index < -0.39 is 5.91 Å². The number of hydrogen-bond donors (Lipinski definition) is 2. The third-order valence-corrected chi connectivity index (χ3v) is 3.14. The topological polar surface area (TPSA) is 88.7 Å². The fraction of sp³-hybridized carbons (Fsp3) is 0. The molecule has 23 heavy (non-hydrogen) atoms. The van der Waals surface area contributed by atoms with Crippen molar-refractivity contribution < 1.29 is 4.79 Å². The Balaban J connectivity index is 2.12. The molecule has 0 aliphatic rings. The molecule has 112 valence electrons. The van der Waals surface area contributed by atoms with Crippen LogP contribution in [0, 0.1) is 22.7 Å². The minimum absolute atomic E-state index is 0.118. The van der Waals surface area contributed by atoms with E-state index in [9.17, 15) is 4.79 Å². The number of anilines is 2. The van der Waals surface area contributed by atoms with Crippen LogP contribution in [-0.2, 0) is 4.79 Å². The summed E-state index contributed by atoms with van der Waals surface area (Å²) in [5.41, 5.74) is 1.34. The van der Waals surface area contributed by atoms with Gasteiger partial charge in [-0.3, -0.25) is 4.79 Å². The summed E-state index contributed by atoms with van der Waals surface area (Å²) in [6, 6.07) is 17.2. The van der Waals surface area contributed by atoms with Gasteiger partial charge in [0.2, 0.25) is 0 Å². The number of para-hydroxylation sites is 1. The third-order valence-electron chi connectivity index (χ3n) is 2.89. The summed E-state index contributed by atoms with van der Waals surface area (Å²) in [4.78, 5) is 12.1. The molecule has 0 heterocycles. The van der Waals surface area contributed by atoms with Crippen LogP contribution in [0.3, 0.4) is 0 Å². The molecule has 2 N–H and O–H groups in total. The average molecular weight is 323 g/mol. The van der Waals surface area contributed by atoms with Crippen LogP contribution in [0.1, 0.15) is 5.56 Å². The lowest BCUT2D eigenvalue weighted by Gasteiger charge is -2.06. The Hall–Kier alpha value is -3.28. The van der Waals surface area contributed by atoms with Crippen molar-refractivity contribution in [1.29, 1.82) is 10.5 Å². The standard InChI is InChI=1S/C17H11ClN4O/c18-14-5-7-15(8-6-14)22-17(23)13(10-20)11-21-16-4-2-1-3-12(16)9-19/h1-8,11,21H,(H,22,23)/b13-11-. The molecule has 0 aliphatic heterocycles. The van der Waals surface area contributed by atoms with Crippen molar-refractivity contribution >= 4 is 28.9 Å². The zero-order valence-corrected chi connectivity index (χ0v) is 12.6. The number of benzene rings is 2. The van der Waals surface area contributed by atoms with E-state index in [1.807, 2.05) is 12.1 Å². The Kier molecular flexibility index (Phi) is 5.35. The number of rotatable bonds is 4. The summed E-state index contributed by atoms with van der Waals surface area (Å²) in [6.07, 6.45) is 1.27. The molecule has 0 aromatic heterocycles. The fourth-order valence-electron chi connectivity index (χ4n) is 1.74. The van der Waals surface area contributed by atoms with Crippen LogP contribution in [0.25, 0.3) is 0 Å². The van der Waals surface area contributed by atoms with E-state index in [-0.39, 0.29) is 5.57 Å². The molecule has 0 aliphatic carbocycles. The van der Waals surface area contributed by atoms with E-state index in [1.54, 1.807) is 48.5 Å². The highest BCUT2D eigenvalue weighted by atomic mass is 35.5. The van der Waals surface area contributed by atoms with Crippen LogP contribution in [0.2, 0.25) is 5.02 Å². The first-order valence-electron chi connectivity index (χ1n) is 6.57. The summed E-state index contributed by atoms with van der Waals surface area (Å²) in [7, 11) is 0. The number of amides is 1. The number of halogens is 1. The second kappa shape index (κ2) is 7.65. The van der Waals surface area contributed by atoms with Crippen LogP contribution < -0.4 is 10.6 Å². The predicted octanol–water partition coefficient (Wildman–Crippen LogP) is 3.67. The van der Waals surface area contributed by atoms with Gasteiger partial charge in [0, 0.05) is 16.9 Å². The van der Waals surface area contributed by atoms with E-state index in [4.69, 9.17) is 22.1 Å². The SMILES string of the molecule is N#C/C(=C/Nc1ccccc1C#N)C(=O)Nc1ccc(Cl)cc1. The zero-order chi connectivity index (χ0) is 16.7. The molecule has 0 unspecified atom stereocenters. The van der Waals surface area contributed by atoms with Crippen LogP contribution in [0.5, 0.6) is 0 Å². The summed E-state index contributed by atoms with van der Waals surface area (Å²) in [5.74, 6) is -0.559. The van der Waals surface area contributed by atoms with Crippen LogP contribution in [0.4, 0.5) is 11.4 Å². The number of nitriles is 2. The van der Waals surface area contributed by atoms with Gasteiger partial charge in [-0.1, -0.05) is 23.7 Å². The normalized spacial score (nSPS) is 10.3. The smallest absolute Gasteiger partial charge is 0.267 e. The number of hydrogen-bond acceptors (Lipinski definition) is 4. The Morgan fingerprint density at radius 1 is 1.09 bits per heavy atom. The lowest BCUT2D eigenvalue weighted by atomic mass is 10.2. The first kappa shape index (κ1) is 16.1. The molecule has 2 aromatic carbocycles. The third kappa shape index (κ3) is 4.34. The van der Waals surface area contributed by atoms with Gasteiger partial charge in [-0.05, 0) is 36.4 Å². The summed E-state index contributed by atoms with van der Waals surface area (Å²) < 4.78 is 0. The second-order valence-electron chi connectivity index (χ2n) is 4.43. The molecule has 0 radical (unpaired) electrons. The van der Waals surface area contributed by atoms with Crippen LogP contribution in [0.15, 0.2) is 60.3 Å². The Labute approximate surface area is 138 Å². The summed E-state index contributed by atoms with van der Waals surface area (Å²) in [5, 5.41) is 24.1. The molecule has 0 saturated carbocycles. The first-order valence-corrected chi connectivity index (χ1v) is 6.94. The van der Waals surface area contributed by atoms with Crippen LogP contribution in [-0.4, -0.2) is 5.91 Å². The van der Waals surface area contributed by atoms with Gasteiger partial charge in [0.1, 0.15) is 17.7 Å². The van der Waals surface area contributed by atoms with Gasteiger partial charge in [0.15, 0.2) is 0 Å². The van der Waals surface area contributed by atoms with Crippen molar-refractivity contribution in [1.82, 2.24) is 0 Å². The van der Waals surface area contributed by atoms with Crippen molar-refractivity contribution in [2.24, 2.45) is 0 Å². The van der Waals surface area contributed by atoms with E-state index in [2.05, 4.69) is 10.6 Å². The second-order valence-corrected chi connectivity index (χ2v) is 4.87. The van der Waals surface area contributed by atoms with Gasteiger partial charge >= 0.3 is 0 Å². The molecular weight excluding hydrogens is 312 g/mol. The maximum absolute atomic E-state index is 12.1. The van der Waals surface area contributed by atoms with Gasteiger partial charge in [-0.2, -0.15) is 10.5 Å². The van der Waals surface area contributed by atoms with Gasteiger partial charge in [0.05, 0.1) is 11.3 Å². The molecule has 0 saturated heterocycles. The van der Waals surface area contributed by atoms with E-state index in [0.717, 1.165) is 0 Å². The van der Waals surface area contributed by atoms with E-state index >= 15 is 0 Å². The number of nitrogens with zero attached hydrogens (tertiary/aromatic N) is 2. The Bertz CT molecular complexity index is 829. The minimum atomic E-state index is -0.559. The van der Waals surface area contributed by atoms with Gasteiger partial charge in [0.25, 0.3) is 5.91 Å². The van der Waals surface area contributed by atoms with Crippen molar-refractivity contribution in [3.05, 3.63) is 70.9 Å². The molecule has 0 bridgehead atoms. The zero-order valence-electron chi connectivity index (χ0n) is 11.9. The molecule has 6 heteroatoms. The average Bonchev–Trinajstić information content (AvgIpc) is 2.58. The predicted molar refractivity (Wildman–Crippen MR) is 88.6 cm³/mol. The minimum Gasteiger partial charge on any atom is -0.359 e. The Morgan fingerprint density at radius 3 is 2.43 bits per heavy atom. The summed E-state index contributed by atoms with van der Waals surface area (Å²) >= 11 is 5.77. The molecule has 1 amide bonds.